The van der Waals surface area contributed by atoms with Crippen LogP contribution in [0.5, 0.6) is 0 Å². The number of nitrogens with two attached hydrogens (primary N) is 1. The molecular weight excluding hydrogens is 293 g/mol. The third-order valence-corrected chi connectivity index (χ3v) is 5.35. The molecule has 0 aromatic heterocycles. The lowest BCUT2D eigenvalue weighted by Gasteiger charge is -2.31. The predicted molar refractivity (Wildman–Crippen MR) is 80.4 cm³/mol. The number of nitrogens with zero attached hydrogens (tertiary/aromatic N) is 1. The zero-order valence-electron chi connectivity index (χ0n) is 12.0. The Hall–Kier alpha value is -1.02. The van der Waals surface area contributed by atoms with Crippen molar-refractivity contribution in [1.82, 2.24) is 9.03 Å². The molecule has 0 spiro atoms. The van der Waals surface area contributed by atoms with E-state index < -0.39 is 10.2 Å². The average Bonchev–Trinajstić information content (AvgIpc) is 2.49. The van der Waals surface area contributed by atoms with Crippen molar-refractivity contribution in [2.75, 3.05) is 26.2 Å². The summed E-state index contributed by atoms with van der Waals surface area (Å²) in [6.07, 6.45) is 2.37. The molecule has 0 radical (unpaired) electrons. The standard InChI is InChI=1S/C14H22FN3O2S/c15-14-5-3-12(4-6-14)7-8-17-21(19,20)18-9-1-2-13(10-16)11-18/h3-6,13,17H,1-2,7-11,16H2. The van der Waals surface area contributed by atoms with Gasteiger partial charge in [-0.25, -0.2) is 9.11 Å². The summed E-state index contributed by atoms with van der Waals surface area (Å²) in [4.78, 5) is 0. The summed E-state index contributed by atoms with van der Waals surface area (Å²) in [5, 5.41) is 0. The molecule has 21 heavy (non-hydrogen) atoms. The SMILES string of the molecule is NCC1CCCN(S(=O)(=O)NCCc2ccc(F)cc2)C1. The number of nitrogens with one attached hydrogen (secondary N) is 1. The third kappa shape index (κ3) is 4.74. The fourth-order valence-electron chi connectivity index (χ4n) is 2.50. The molecule has 2 rings (SSSR count). The molecule has 1 aromatic carbocycles. The summed E-state index contributed by atoms with van der Waals surface area (Å²) in [7, 11) is -3.45. The number of piperidine rings is 1. The Morgan fingerprint density at radius 3 is 2.71 bits per heavy atom. The number of hydrogen-bond donors (Lipinski definition) is 2. The van der Waals surface area contributed by atoms with Crippen LogP contribution in [0.1, 0.15) is 18.4 Å². The normalized spacial score (nSPS) is 20.6. The summed E-state index contributed by atoms with van der Waals surface area (Å²) < 4.78 is 41.3. The summed E-state index contributed by atoms with van der Waals surface area (Å²) in [6.45, 7) is 1.85. The van der Waals surface area contributed by atoms with Gasteiger partial charge >= 0.3 is 0 Å². The van der Waals surface area contributed by atoms with Crippen LogP contribution in [0.15, 0.2) is 24.3 Å². The highest BCUT2D eigenvalue weighted by atomic mass is 32.2. The topological polar surface area (TPSA) is 75.4 Å². The third-order valence-electron chi connectivity index (χ3n) is 3.77. The second-order valence-corrected chi connectivity index (χ2v) is 7.13. The zero-order valence-corrected chi connectivity index (χ0v) is 12.8. The maximum Gasteiger partial charge on any atom is 0.279 e. The first-order valence-corrected chi connectivity index (χ1v) is 8.64. The minimum atomic E-state index is -3.45. The molecule has 0 bridgehead atoms. The van der Waals surface area contributed by atoms with Crippen LogP contribution in [0.2, 0.25) is 0 Å². The van der Waals surface area contributed by atoms with Crippen molar-refractivity contribution in [2.24, 2.45) is 11.7 Å². The van der Waals surface area contributed by atoms with Crippen LogP contribution in [-0.2, 0) is 16.6 Å². The van der Waals surface area contributed by atoms with Crippen LogP contribution in [0.3, 0.4) is 0 Å². The molecule has 5 nitrogen and oxygen atoms in total. The van der Waals surface area contributed by atoms with Crippen LogP contribution in [0, 0.1) is 11.7 Å². The monoisotopic (exact) mass is 315 g/mol. The van der Waals surface area contributed by atoms with Crippen LogP contribution in [0.25, 0.3) is 0 Å². The van der Waals surface area contributed by atoms with Crippen molar-refractivity contribution in [3.63, 3.8) is 0 Å². The zero-order chi connectivity index (χ0) is 15.3. The van der Waals surface area contributed by atoms with E-state index in [1.807, 2.05) is 0 Å². The van der Waals surface area contributed by atoms with E-state index in [4.69, 9.17) is 5.73 Å². The Morgan fingerprint density at radius 1 is 1.33 bits per heavy atom. The van der Waals surface area contributed by atoms with Gasteiger partial charge in [0.25, 0.3) is 10.2 Å². The molecule has 1 fully saturated rings. The first-order valence-electron chi connectivity index (χ1n) is 7.20. The van der Waals surface area contributed by atoms with Gasteiger partial charge in [0.05, 0.1) is 0 Å². The van der Waals surface area contributed by atoms with Crippen molar-refractivity contribution in [3.05, 3.63) is 35.6 Å². The van der Waals surface area contributed by atoms with Gasteiger partial charge in [-0.2, -0.15) is 12.7 Å². The minimum Gasteiger partial charge on any atom is -0.330 e. The maximum atomic E-state index is 12.8. The van der Waals surface area contributed by atoms with E-state index in [2.05, 4.69) is 4.72 Å². The van der Waals surface area contributed by atoms with Gasteiger partial charge in [0, 0.05) is 19.6 Å². The summed E-state index contributed by atoms with van der Waals surface area (Å²) in [6, 6.07) is 6.07. The van der Waals surface area contributed by atoms with Crippen molar-refractivity contribution in [3.8, 4) is 0 Å². The second-order valence-electron chi connectivity index (χ2n) is 5.38. The molecule has 7 heteroatoms. The highest BCUT2D eigenvalue weighted by molar-refractivity contribution is 7.87. The fraction of sp³-hybridized carbons (Fsp3) is 0.571. The minimum absolute atomic E-state index is 0.243. The molecule has 1 heterocycles. The predicted octanol–water partition coefficient (Wildman–Crippen LogP) is 0.873. The molecule has 0 amide bonds. The lowest BCUT2D eigenvalue weighted by molar-refractivity contribution is 0.269. The van der Waals surface area contributed by atoms with Gasteiger partial charge in [0.1, 0.15) is 5.82 Å². The fourth-order valence-corrected chi connectivity index (χ4v) is 3.82. The molecule has 1 unspecified atom stereocenters. The number of hydrogen-bond acceptors (Lipinski definition) is 3. The Balaban J connectivity index is 1.84. The first kappa shape index (κ1) is 16.4. The van der Waals surface area contributed by atoms with E-state index in [1.54, 1.807) is 12.1 Å². The van der Waals surface area contributed by atoms with Crippen LogP contribution in [-0.4, -0.2) is 38.9 Å². The molecule has 1 aliphatic rings. The second kappa shape index (κ2) is 7.31. The molecule has 1 saturated heterocycles. The molecule has 0 saturated carbocycles. The van der Waals surface area contributed by atoms with Gasteiger partial charge in [0.2, 0.25) is 0 Å². The quantitative estimate of drug-likeness (QED) is 0.818. The summed E-state index contributed by atoms with van der Waals surface area (Å²) >= 11 is 0. The first-order chi connectivity index (χ1) is 10.0. The van der Waals surface area contributed by atoms with Crippen molar-refractivity contribution >= 4 is 10.2 Å². The van der Waals surface area contributed by atoms with Crippen molar-refractivity contribution < 1.29 is 12.8 Å². The number of halogens is 1. The van der Waals surface area contributed by atoms with E-state index in [1.165, 1.54) is 16.4 Å². The highest BCUT2D eigenvalue weighted by Gasteiger charge is 2.27. The van der Waals surface area contributed by atoms with Gasteiger partial charge in [-0.15, -0.1) is 0 Å². The van der Waals surface area contributed by atoms with Crippen LogP contribution >= 0.6 is 0 Å². The van der Waals surface area contributed by atoms with Gasteiger partial charge in [-0.05, 0) is 49.4 Å². The lowest BCUT2D eigenvalue weighted by atomic mass is 10.0. The van der Waals surface area contributed by atoms with E-state index in [0.29, 0.717) is 32.6 Å². The van der Waals surface area contributed by atoms with Gasteiger partial charge in [0.15, 0.2) is 0 Å². The largest absolute Gasteiger partial charge is 0.330 e. The maximum absolute atomic E-state index is 12.8. The molecule has 118 valence electrons. The Morgan fingerprint density at radius 2 is 2.05 bits per heavy atom. The van der Waals surface area contributed by atoms with Crippen molar-refractivity contribution in [2.45, 2.75) is 19.3 Å². The average molecular weight is 315 g/mol. The number of benzene rings is 1. The molecular formula is C14H22FN3O2S. The smallest absolute Gasteiger partial charge is 0.279 e. The highest BCUT2D eigenvalue weighted by Crippen LogP contribution is 2.17. The van der Waals surface area contributed by atoms with Crippen LogP contribution < -0.4 is 10.5 Å². The van der Waals surface area contributed by atoms with Gasteiger partial charge in [-0.3, -0.25) is 0 Å². The van der Waals surface area contributed by atoms with Crippen LogP contribution in [0.4, 0.5) is 4.39 Å². The molecule has 3 N–H and O–H groups in total. The molecule has 1 atom stereocenters. The lowest BCUT2D eigenvalue weighted by Crippen LogP contribution is -2.47. The van der Waals surface area contributed by atoms with E-state index in [-0.39, 0.29) is 11.7 Å². The Labute approximate surface area is 125 Å². The molecule has 0 aliphatic carbocycles. The summed E-state index contributed by atoms with van der Waals surface area (Å²) in [5.74, 6) is -0.0482. The summed E-state index contributed by atoms with van der Waals surface area (Å²) in [5.41, 5.74) is 6.53. The van der Waals surface area contributed by atoms with E-state index >= 15 is 0 Å². The number of rotatable bonds is 6. The van der Waals surface area contributed by atoms with E-state index in [9.17, 15) is 12.8 Å². The Kier molecular flexibility index (Phi) is 5.69. The van der Waals surface area contributed by atoms with Crippen molar-refractivity contribution in [1.29, 1.82) is 0 Å². The van der Waals surface area contributed by atoms with Gasteiger partial charge in [-0.1, -0.05) is 12.1 Å². The van der Waals surface area contributed by atoms with Gasteiger partial charge < -0.3 is 5.73 Å². The molecule has 1 aromatic rings. The Bertz CT molecular complexity index is 548. The molecule has 1 aliphatic heterocycles. The van der Waals surface area contributed by atoms with E-state index in [0.717, 1.165) is 18.4 Å².